The number of hydrogen-bond donors (Lipinski definition) is 2. The smallest absolute Gasteiger partial charge is 0.254 e. The molecule has 1 fully saturated rings. The van der Waals surface area contributed by atoms with Gasteiger partial charge in [-0.15, -0.1) is 0 Å². The molecular weight excluding hydrogens is 432 g/mol. The second-order valence-corrected chi connectivity index (χ2v) is 8.94. The van der Waals surface area contributed by atoms with Crippen molar-refractivity contribution in [1.82, 2.24) is 10.2 Å². The fourth-order valence-electron chi connectivity index (χ4n) is 4.78. The first-order valence-corrected chi connectivity index (χ1v) is 12.1. The molecule has 2 aromatic rings. The van der Waals surface area contributed by atoms with Crippen LogP contribution in [-0.4, -0.2) is 66.8 Å². The Kier molecular flexibility index (Phi) is 7.98. The van der Waals surface area contributed by atoms with Crippen LogP contribution in [0.5, 0.6) is 5.75 Å². The number of carbonyl (C=O) groups is 2. The van der Waals surface area contributed by atoms with Gasteiger partial charge in [-0.2, -0.15) is 0 Å². The second-order valence-electron chi connectivity index (χ2n) is 8.94. The Balaban J connectivity index is 1.44. The summed E-state index contributed by atoms with van der Waals surface area (Å²) in [6, 6.07) is 11.6. The number of ether oxygens (including phenoxy) is 2. The van der Waals surface area contributed by atoms with Gasteiger partial charge in [-0.3, -0.25) is 9.59 Å². The number of morpholine rings is 1. The number of aliphatic hydroxyl groups is 1. The molecule has 2 heterocycles. The molecule has 0 spiro atoms. The third-order valence-electron chi connectivity index (χ3n) is 6.77. The third-order valence-corrected chi connectivity index (χ3v) is 6.77. The Morgan fingerprint density at radius 3 is 2.59 bits per heavy atom. The van der Waals surface area contributed by atoms with Crippen LogP contribution in [0.4, 0.5) is 0 Å². The number of carbonyl (C=O) groups excluding carboxylic acids is 2. The molecule has 7 heteroatoms. The van der Waals surface area contributed by atoms with Gasteiger partial charge >= 0.3 is 0 Å². The molecule has 0 saturated carbocycles. The van der Waals surface area contributed by atoms with Crippen molar-refractivity contribution in [3.63, 3.8) is 0 Å². The number of rotatable bonds is 8. The molecule has 0 unspecified atom stereocenters. The lowest BCUT2D eigenvalue weighted by molar-refractivity contribution is 0.0302. The number of nitrogens with one attached hydrogen (secondary N) is 1. The van der Waals surface area contributed by atoms with E-state index < -0.39 is 6.10 Å². The number of ketones is 1. The van der Waals surface area contributed by atoms with Gasteiger partial charge in [0.1, 0.15) is 5.75 Å². The lowest BCUT2D eigenvalue weighted by atomic mass is 9.90. The summed E-state index contributed by atoms with van der Waals surface area (Å²) >= 11 is 0. The van der Waals surface area contributed by atoms with E-state index in [0.717, 1.165) is 13.0 Å². The number of benzene rings is 2. The SMILES string of the molecule is CCOc1c(C(=O)CC[C@@H](O)[C@@H]2Cc3ccccc3CN2)ccc(C(=O)N2CCOCC2)c1C. The summed E-state index contributed by atoms with van der Waals surface area (Å²) < 4.78 is 11.2. The van der Waals surface area contributed by atoms with Gasteiger partial charge in [-0.1, -0.05) is 24.3 Å². The van der Waals surface area contributed by atoms with Crippen LogP contribution in [0.25, 0.3) is 0 Å². The van der Waals surface area contributed by atoms with Crippen LogP contribution in [-0.2, 0) is 17.7 Å². The summed E-state index contributed by atoms with van der Waals surface area (Å²) in [5.74, 6) is 0.304. The number of hydrogen-bond acceptors (Lipinski definition) is 6. The quantitative estimate of drug-likeness (QED) is 0.582. The summed E-state index contributed by atoms with van der Waals surface area (Å²) in [6.07, 6.45) is 0.679. The minimum absolute atomic E-state index is 0.0696. The van der Waals surface area contributed by atoms with Gasteiger partial charge in [-0.05, 0) is 49.9 Å². The third kappa shape index (κ3) is 5.32. The van der Waals surface area contributed by atoms with E-state index in [4.69, 9.17) is 9.47 Å². The minimum Gasteiger partial charge on any atom is -0.493 e. The average Bonchev–Trinajstić information content (AvgIpc) is 2.88. The van der Waals surface area contributed by atoms with Gasteiger partial charge in [-0.25, -0.2) is 0 Å². The zero-order chi connectivity index (χ0) is 24.1. The number of aliphatic hydroxyl groups excluding tert-OH is 1. The maximum atomic E-state index is 13.1. The molecule has 2 atom stereocenters. The highest BCUT2D eigenvalue weighted by Gasteiger charge is 2.27. The van der Waals surface area contributed by atoms with E-state index in [-0.39, 0.29) is 24.2 Å². The minimum atomic E-state index is -0.629. The van der Waals surface area contributed by atoms with Crippen molar-refractivity contribution in [2.45, 2.75) is 51.8 Å². The van der Waals surface area contributed by atoms with E-state index in [2.05, 4.69) is 17.4 Å². The Bertz CT molecular complexity index is 1030. The van der Waals surface area contributed by atoms with E-state index in [1.165, 1.54) is 11.1 Å². The highest BCUT2D eigenvalue weighted by Crippen LogP contribution is 2.30. The van der Waals surface area contributed by atoms with E-state index in [9.17, 15) is 14.7 Å². The lowest BCUT2D eigenvalue weighted by Gasteiger charge is -2.30. The molecule has 0 bridgehead atoms. The highest BCUT2D eigenvalue weighted by molar-refractivity contribution is 6.02. The van der Waals surface area contributed by atoms with E-state index in [0.29, 0.717) is 61.8 Å². The van der Waals surface area contributed by atoms with Crippen molar-refractivity contribution in [3.05, 3.63) is 64.2 Å². The van der Waals surface area contributed by atoms with Gasteiger partial charge in [0.2, 0.25) is 0 Å². The molecular formula is C27H34N2O5. The van der Waals surface area contributed by atoms with E-state index in [1.54, 1.807) is 17.0 Å². The van der Waals surface area contributed by atoms with Crippen LogP contribution >= 0.6 is 0 Å². The number of nitrogens with zero attached hydrogens (tertiary/aromatic N) is 1. The van der Waals surface area contributed by atoms with Crippen LogP contribution in [0.3, 0.4) is 0 Å². The highest BCUT2D eigenvalue weighted by atomic mass is 16.5. The maximum Gasteiger partial charge on any atom is 0.254 e. The zero-order valence-electron chi connectivity index (χ0n) is 20.0. The first kappa shape index (κ1) is 24.4. The molecule has 4 rings (SSSR count). The summed E-state index contributed by atoms with van der Waals surface area (Å²) in [4.78, 5) is 27.9. The predicted octanol–water partition coefficient (Wildman–Crippen LogP) is 2.90. The summed E-state index contributed by atoms with van der Waals surface area (Å²) in [7, 11) is 0. The van der Waals surface area contributed by atoms with Crippen LogP contribution in [0.2, 0.25) is 0 Å². The van der Waals surface area contributed by atoms with Crippen molar-refractivity contribution in [3.8, 4) is 5.75 Å². The molecule has 0 radical (unpaired) electrons. The van der Waals surface area contributed by atoms with Crippen molar-refractivity contribution in [1.29, 1.82) is 0 Å². The second kappa shape index (κ2) is 11.1. The van der Waals surface area contributed by atoms with Crippen molar-refractivity contribution >= 4 is 11.7 Å². The average molecular weight is 467 g/mol. The van der Waals surface area contributed by atoms with Crippen LogP contribution in [0, 0.1) is 6.92 Å². The van der Waals surface area contributed by atoms with Gasteiger partial charge < -0.3 is 24.8 Å². The van der Waals surface area contributed by atoms with Crippen LogP contribution in [0.15, 0.2) is 36.4 Å². The fourth-order valence-corrected chi connectivity index (χ4v) is 4.78. The lowest BCUT2D eigenvalue weighted by Crippen LogP contribution is -2.44. The molecule has 2 aliphatic heterocycles. The Hall–Kier alpha value is -2.74. The molecule has 34 heavy (non-hydrogen) atoms. The van der Waals surface area contributed by atoms with Gasteiger partial charge in [0.25, 0.3) is 5.91 Å². The molecule has 2 aliphatic rings. The van der Waals surface area contributed by atoms with Crippen LogP contribution in [0.1, 0.15) is 57.2 Å². The molecule has 1 saturated heterocycles. The molecule has 7 nitrogen and oxygen atoms in total. The summed E-state index contributed by atoms with van der Waals surface area (Å²) in [6.45, 7) is 6.98. The standard InChI is InChI=1S/C27H34N2O5/c1-3-34-26-18(2)21(27(32)29-12-14-33-15-13-29)8-9-22(26)24(30)10-11-25(31)23-16-19-6-4-5-7-20(19)17-28-23/h4-9,23,25,28,31H,3,10-17H2,1-2H3/t23-,25+/m0/s1. The van der Waals surface area contributed by atoms with Crippen LogP contribution < -0.4 is 10.1 Å². The number of Topliss-reactive ketones (excluding diaryl/α,β-unsaturated/α-hetero) is 1. The summed E-state index contributed by atoms with van der Waals surface area (Å²) in [5.41, 5.74) is 4.19. The fraction of sp³-hybridized carbons (Fsp3) is 0.481. The van der Waals surface area contributed by atoms with Crippen molar-refractivity contribution in [2.24, 2.45) is 0 Å². The first-order chi connectivity index (χ1) is 16.5. The topological polar surface area (TPSA) is 88.1 Å². The van der Waals surface area contributed by atoms with Crippen molar-refractivity contribution < 1.29 is 24.2 Å². The number of amides is 1. The Morgan fingerprint density at radius 2 is 1.85 bits per heavy atom. The Morgan fingerprint density at radius 1 is 1.15 bits per heavy atom. The van der Waals surface area contributed by atoms with E-state index >= 15 is 0 Å². The number of fused-ring (bicyclic) bond motifs is 1. The normalized spacial score (nSPS) is 18.8. The summed E-state index contributed by atoms with van der Waals surface area (Å²) in [5, 5.41) is 14.2. The molecule has 2 N–H and O–H groups in total. The predicted molar refractivity (Wildman–Crippen MR) is 129 cm³/mol. The largest absolute Gasteiger partial charge is 0.493 e. The first-order valence-electron chi connectivity index (χ1n) is 12.1. The Labute approximate surface area is 201 Å². The molecule has 0 aromatic heterocycles. The maximum absolute atomic E-state index is 13.1. The zero-order valence-corrected chi connectivity index (χ0v) is 20.0. The van der Waals surface area contributed by atoms with Gasteiger partial charge in [0, 0.05) is 43.2 Å². The molecule has 182 valence electrons. The van der Waals surface area contributed by atoms with Crippen molar-refractivity contribution in [2.75, 3.05) is 32.9 Å². The molecule has 0 aliphatic carbocycles. The van der Waals surface area contributed by atoms with Gasteiger partial charge in [0.15, 0.2) is 5.78 Å². The monoisotopic (exact) mass is 466 g/mol. The van der Waals surface area contributed by atoms with E-state index in [1.807, 2.05) is 26.0 Å². The molecule has 2 aromatic carbocycles. The van der Waals surface area contributed by atoms with Gasteiger partial charge in [0.05, 0.1) is 31.5 Å². The molecule has 1 amide bonds.